The number of fused-ring (bicyclic) bond motifs is 2. The molecule has 2 aliphatic rings. The van der Waals surface area contributed by atoms with Gasteiger partial charge >= 0.3 is 0 Å². The molecule has 1 fully saturated rings. The van der Waals surface area contributed by atoms with E-state index in [2.05, 4.69) is 10.3 Å². The third kappa shape index (κ3) is 3.55. The predicted octanol–water partition coefficient (Wildman–Crippen LogP) is 3.65. The number of nitrogens with one attached hydrogen (secondary N) is 1. The molecule has 0 atom stereocenters. The minimum Gasteiger partial charge on any atom is -0.482 e. The predicted molar refractivity (Wildman–Crippen MR) is 121 cm³/mol. The van der Waals surface area contributed by atoms with Crippen LogP contribution >= 0.6 is 24.0 Å². The van der Waals surface area contributed by atoms with Gasteiger partial charge in [-0.15, -0.1) is 0 Å². The number of ether oxygens (including phenoxy) is 1. The molecule has 1 aromatic heterocycles. The summed E-state index contributed by atoms with van der Waals surface area (Å²) in [6.07, 6.45) is 3.55. The number of thiocarbonyl (C=S) groups is 1. The zero-order chi connectivity index (χ0) is 20.7. The Kier molecular flexibility index (Phi) is 4.72. The summed E-state index contributed by atoms with van der Waals surface area (Å²) in [5.74, 6) is 0.285. The summed E-state index contributed by atoms with van der Waals surface area (Å²) in [7, 11) is 0. The standard InChI is InChI=1S/C22H15N3O3S2/c26-20-12-28-18-6-5-13(9-19-21(27)24-22(29)30-19)8-17(18)25(20)11-14-7-15-3-1-2-4-16(15)23-10-14/h1-10H,11-12H2,(H,24,27,29). The van der Waals surface area contributed by atoms with Gasteiger partial charge in [0.2, 0.25) is 0 Å². The van der Waals surface area contributed by atoms with Crippen molar-refractivity contribution in [2.75, 3.05) is 11.5 Å². The molecular weight excluding hydrogens is 418 g/mol. The Morgan fingerprint density at radius 1 is 1.20 bits per heavy atom. The first-order valence-electron chi connectivity index (χ1n) is 9.22. The average molecular weight is 434 g/mol. The molecule has 2 aliphatic heterocycles. The van der Waals surface area contributed by atoms with Gasteiger partial charge in [-0.25, -0.2) is 0 Å². The lowest BCUT2D eigenvalue weighted by Crippen LogP contribution is -2.38. The summed E-state index contributed by atoms with van der Waals surface area (Å²) in [5, 5.41) is 3.63. The fourth-order valence-electron chi connectivity index (χ4n) is 3.44. The van der Waals surface area contributed by atoms with Crippen molar-refractivity contribution in [3.63, 3.8) is 0 Å². The lowest BCUT2D eigenvalue weighted by molar-refractivity contribution is -0.121. The van der Waals surface area contributed by atoms with Crippen LogP contribution in [0.4, 0.5) is 5.69 Å². The number of rotatable bonds is 3. The second-order valence-corrected chi connectivity index (χ2v) is 8.60. The zero-order valence-electron chi connectivity index (χ0n) is 15.6. The number of para-hydroxylation sites is 1. The van der Waals surface area contributed by atoms with E-state index in [4.69, 9.17) is 17.0 Å². The number of aromatic nitrogens is 1. The molecule has 1 N–H and O–H groups in total. The average Bonchev–Trinajstić information content (AvgIpc) is 3.06. The molecule has 30 heavy (non-hydrogen) atoms. The van der Waals surface area contributed by atoms with Crippen LogP contribution in [0.3, 0.4) is 0 Å². The van der Waals surface area contributed by atoms with E-state index in [-0.39, 0.29) is 18.4 Å². The summed E-state index contributed by atoms with van der Waals surface area (Å²) < 4.78 is 6.04. The highest BCUT2D eigenvalue weighted by Gasteiger charge is 2.27. The van der Waals surface area contributed by atoms with Crippen LogP contribution in [0, 0.1) is 0 Å². The topological polar surface area (TPSA) is 71.5 Å². The van der Waals surface area contributed by atoms with E-state index in [1.165, 1.54) is 11.8 Å². The molecule has 2 amide bonds. The highest BCUT2D eigenvalue weighted by atomic mass is 32.2. The van der Waals surface area contributed by atoms with Crippen molar-refractivity contribution >= 4 is 62.8 Å². The van der Waals surface area contributed by atoms with Crippen molar-refractivity contribution in [2.45, 2.75) is 6.54 Å². The van der Waals surface area contributed by atoms with E-state index in [0.29, 0.717) is 27.2 Å². The van der Waals surface area contributed by atoms with E-state index in [1.54, 1.807) is 17.2 Å². The van der Waals surface area contributed by atoms with Crippen molar-refractivity contribution in [2.24, 2.45) is 0 Å². The lowest BCUT2D eigenvalue weighted by Gasteiger charge is -2.29. The van der Waals surface area contributed by atoms with Crippen molar-refractivity contribution in [3.8, 4) is 5.75 Å². The number of benzene rings is 2. The minimum atomic E-state index is -0.214. The summed E-state index contributed by atoms with van der Waals surface area (Å²) >= 11 is 6.26. The van der Waals surface area contributed by atoms with Gasteiger partial charge in [0.25, 0.3) is 11.8 Å². The number of hydrogen-bond donors (Lipinski definition) is 1. The Labute approximate surface area is 181 Å². The number of thioether (sulfide) groups is 1. The van der Waals surface area contributed by atoms with Crippen LogP contribution in [0.1, 0.15) is 11.1 Å². The molecule has 3 aromatic rings. The molecule has 0 radical (unpaired) electrons. The SMILES string of the molecule is O=C1NC(=S)SC1=Cc1ccc2c(c1)N(Cc1cnc3ccccc3c1)C(=O)CO2. The molecule has 1 saturated heterocycles. The van der Waals surface area contributed by atoms with Crippen molar-refractivity contribution in [1.29, 1.82) is 0 Å². The molecule has 0 saturated carbocycles. The first-order valence-corrected chi connectivity index (χ1v) is 10.4. The van der Waals surface area contributed by atoms with Gasteiger partial charge in [-0.1, -0.05) is 48.2 Å². The van der Waals surface area contributed by atoms with Gasteiger partial charge in [0.1, 0.15) is 10.1 Å². The van der Waals surface area contributed by atoms with E-state index in [1.807, 2.05) is 48.5 Å². The van der Waals surface area contributed by atoms with Crippen LogP contribution in [0.25, 0.3) is 17.0 Å². The highest BCUT2D eigenvalue weighted by molar-refractivity contribution is 8.26. The number of carbonyl (C=O) groups excluding carboxylic acids is 2. The Bertz CT molecular complexity index is 1260. The molecule has 6 nitrogen and oxygen atoms in total. The van der Waals surface area contributed by atoms with Crippen LogP contribution in [0.5, 0.6) is 5.75 Å². The van der Waals surface area contributed by atoms with Gasteiger partial charge in [0.15, 0.2) is 6.61 Å². The molecule has 0 aliphatic carbocycles. The van der Waals surface area contributed by atoms with Crippen LogP contribution in [0.15, 0.2) is 59.6 Å². The Balaban J connectivity index is 1.49. The largest absolute Gasteiger partial charge is 0.482 e. The maximum absolute atomic E-state index is 12.7. The molecule has 3 heterocycles. The fourth-order valence-corrected chi connectivity index (χ4v) is 4.48. The molecule has 0 unspecified atom stereocenters. The quantitative estimate of drug-likeness (QED) is 0.502. The Morgan fingerprint density at radius 3 is 2.90 bits per heavy atom. The fraction of sp³-hybridized carbons (Fsp3) is 0.0909. The third-order valence-corrected chi connectivity index (χ3v) is 6.02. The Morgan fingerprint density at radius 2 is 2.07 bits per heavy atom. The minimum absolute atomic E-state index is 0.0129. The van der Waals surface area contributed by atoms with Crippen molar-refractivity contribution < 1.29 is 14.3 Å². The molecule has 148 valence electrons. The van der Waals surface area contributed by atoms with E-state index < -0.39 is 0 Å². The molecule has 2 aromatic carbocycles. The molecule has 0 spiro atoms. The lowest BCUT2D eigenvalue weighted by atomic mass is 10.1. The molecular formula is C22H15N3O3S2. The van der Waals surface area contributed by atoms with Crippen LogP contribution in [-0.4, -0.2) is 27.7 Å². The van der Waals surface area contributed by atoms with Gasteiger partial charge in [-0.3, -0.25) is 14.6 Å². The highest BCUT2D eigenvalue weighted by Crippen LogP contribution is 2.36. The summed E-state index contributed by atoms with van der Waals surface area (Å²) in [5.41, 5.74) is 3.29. The van der Waals surface area contributed by atoms with Gasteiger partial charge in [0.05, 0.1) is 22.7 Å². The zero-order valence-corrected chi connectivity index (χ0v) is 17.3. The second kappa shape index (κ2) is 7.55. The Hall–Kier alpha value is -3.23. The van der Waals surface area contributed by atoms with E-state index in [0.717, 1.165) is 22.0 Å². The maximum atomic E-state index is 12.7. The molecule has 8 heteroatoms. The summed E-state index contributed by atoms with van der Waals surface area (Å²) in [6.45, 7) is 0.368. The van der Waals surface area contributed by atoms with E-state index >= 15 is 0 Å². The molecule has 5 rings (SSSR count). The van der Waals surface area contributed by atoms with Gasteiger partial charge in [-0.05, 0) is 41.5 Å². The van der Waals surface area contributed by atoms with E-state index in [9.17, 15) is 9.59 Å². The maximum Gasteiger partial charge on any atom is 0.265 e. The number of pyridine rings is 1. The van der Waals surface area contributed by atoms with Crippen molar-refractivity contribution in [3.05, 3.63) is 70.8 Å². The second-order valence-electron chi connectivity index (χ2n) is 6.88. The van der Waals surface area contributed by atoms with Gasteiger partial charge < -0.3 is 15.0 Å². The summed E-state index contributed by atoms with van der Waals surface area (Å²) in [4.78, 5) is 31.3. The van der Waals surface area contributed by atoms with Crippen LogP contribution in [-0.2, 0) is 16.1 Å². The van der Waals surface area contributed by atoms with Crippen LogP contribution in [0.2, 0.25) is 0 Å². The smallest absolute Gasteiger partial charge is 0.265 e. The number of carbonyl (C=O) groups is 2. The normalized spacial score (nSPS) is 17.3. The van der Waals surface area contributed by atoms with Gasteiger partial charge in [0, 0.05) is 11.6 Å². The number of amides is 2. The first-order chi connectivity index (χ1) is 14.6. The first kappa shape index (κ1) is 18.8. The van der Waals surface area contributed by atoms with Gasteiger partial charge in [-0.2, -0.15) is 0 Å². The monoisotopic (exact) mass is 433 g/mol. The number of anilines is 1. The number of hydrogen-bond acceptors (Lipinski definition) is 6. The summed E-state index contributed by atoms with van der Waals surface area (Å²) in [6, 6.07) is 15.4. The number of nitrogens with zero attached hydrogens (tertiary/aromatic N) is 2. The molecule has 0 bridgehead atoms. The van der Waals surface area contributed by atoms with Crippen LogP contribution < -0.4 is 15.0 Å². The third-order valence-electron chi connectivity index (χ3n) is 4.85. The van der Waals surface area contributed by atoms with Crippen molar-refractivity contribution in [1.82, 2.24) is 10.3 Å².